The Balaban J connectivity index is 1.72. The molecule has 0 saturated heterocycles. The summed E-state index contributed by atoms with van der Waals surface area (Å²) < 4.78 is 2.89. The summed E-state index contributed by atoms with van der Waals surface area (Å²) in [7, 11) is 0. The van der Waals surface area contributed by atoms with Crippen molar-refractivity contribution in [2.24, 2.45) is 10.1 Å². The molecule has 0 bridgehead atoms. The molecule has 0 unspecified atom stereocenters. The molecule has 3 heterocycles. The van der Waals surface area contributed by atoms with Crippen molar-refractivity contribution in [3.05, 3.63) is 57.9 Å². The summed E-state index contributed by atoms with van der Waals surface area (Å²) in [5.41, 5.74) is 4.07. The molecule has 29 heavy (non-hydrogen) atoms. The highest BCUT2D eigenvalue weighted by Crippen LogP contribution is 2.33. The number of fused-ring (bicyclic) bond motifs is 1. The molecule has 1 aromatic carbocycles. The number of amidine groups is 2. The standard InChI is InChI=1S/C20H18ClN5OS2/c1-4-28-20-24-26-17(22)16(18(27)23-19(26)29-20)10-13-9-11(2)25(12(13)3)15-7-5-14(21)6-8-15/h5-10,22H,4H2,1-3H3. The molecule has 1 amide bonds. The van der Waals surface area contributed by atoms with Crippen LogP contribution in [0.2, 0.25) is 5.02 Å². The first kappa shape index (κ1) is 20.0. The van der Waals surface area contributed by atoms with Gasteiger partial charge in [0.25, 0.3) is 5.91 Å². The van der Waals surface area contributed by atoms with Crippen LogP contribution in [0.25, 0.3) is 11.8 Å². The predicted octanol–water partition coefficient (Wildman–Crippen LogP) is 5.08. The second kappa shape index (κ2) is 7.85. The molecule has 9 heteroatoms. The summed E-state index contributed by atoms with van der Waals surface area (Å²) in [6.45, 7) is 6.02. The van der Waals surface area contributed by atoms with Crippen LogP contribution in [-0.2, 0) is 4.79 Å². The van der Waals surface area contributed by atoms with Gasteiger partial charge >= 0.3 is 0 Å². The Labute approximate surface area is 182 Å². The summed E-state index contributed by atoms with van der Waals surface area (Å²) in [4.78, 5) is 16.8. The van der Waals surface area contributed by atoms with E-state index in [9.17, 15) is 4.79 Å². The number of thioether (sulfide) groups is 2. The van der Waals surface area contributed by atoms with Crippen LogP contribution in [-0.4, -0.2) is 36.6 Å². The lowest BCUT2D eigenvalue weighted by atomic mass is 10.1. The van der Waals surface area contributed by atoms with Crippen LogP contribution in [0.15, 0.2) is 46.0 Å². The summed E-state index contributed by atoms with van der Waals surface area (Å²) in [6.07, 6.45) is 1.73. The molecular weight excluding hydrogens is 426 g/mol. The molecule has 2 aromatic rings. The Morgan fingerprint density at radius 3 is 2.69 bits per heavy atom. The van der Waals surface area contributed by atoms with Gasteiger partial charge in [0.2, 0.25) is 5.17 Å². The largest absolute Gasteiger partial charge is 0.318 e. The SMILES string of the molecule is CCSC1=NN2C(=N)C(=Cc3cc(C)n(-c4ccc(Cl)cc4)c3C)C(=O)N=C2S1. The van der Waals surface area contributed by atoms with E-state index in [0.717, 1.165) is 32.8 Å². The van der Waals surface area contributed by atoms with Gasteiger partial charge in [0.1, 0.15) is 0 Å². The highest BCUT2D eigenvalue weighted by Gasteiger charge is 2.35. The second-order valence-electron chi connectivity index (χ2n) is 6.46. The number of aryl methyl sites for hydroxylation is 1. The first-order valence-corrected chi connectivity index (χ1v) is 11.1. The predicted molar refractivity (Wildman–Crippen MR) is 123 cm³/mol. The molecular formula is C20H18ClN5OS2. The van der Waals surface area contributed by atoms with E-state index in [0.29, 0.717) is 10.2 Å². The number of amides is 1. The maximum atomic E-state index is 12.6. The van der Waals surface area contributed by atoms with Crippen molar-refractivity contribution >= 4 is 62.5 Å². The minimum absolute atomic E-state index is 0.0514. The van der Waals surface area contributed by atoms with E-state index in [1.165, 1.54) is 16.8 Å². The molecule has 0 aliphatic carbocycles. The van der Waals surface area contributed by atoms with E-state index in [1.807, 2.05) is 51.1 Å². The number of hydrogen-bond donors (Lipinski definition) is 1. The third kappa shape index (κ3) is 3.68. The summed E-state index contributed by atoms with van der Waals surface area (Å²) in [5.74, 6) is 0.506. The molecule has 0 radical (unpaired) electrons. The van der Waals surface area contributed by atoms with Crippen molar-refractivity contribution in [1.29, 1.82) is 5.41 Å². The minimum atomic E-state index is -0.414. The number of benzene rings is 1. The molecule has 0 fully saturated rings. The number of hydrazone groups is 1. The average Bonchev–Trinajstić information content (AvgIpc) is 3.20. The van der Waals surface area contributed by atoms with Crippen molar-refractivity contribution < 1.29 is 4.79 Å². The quantitative estimate of drug-likeness (QED) is 0.671. The molecule has 4 rings (SSSR count). The monoisotopic (exact) mass is 443 g/mol. The van der Waals surface area contributed by atoms with Crippen LogP contribution < -0.4 is 0 Å². The zero-order chi connectivity index (χ0) is 20.7. The number of hydrogen-bond acceptors (Lipinski definition) is 5. The van der Waals surface area contributed by atoms with Crippen LogP contribution in [0.1, 0.15) is 23.9 Å². The van der Waals surface area contributed by atoms with E-state index < -0.39 is 5.91 Å². The van der Waals surface area contributed by atoms with Gasteiger partial charge in [-0.05, 0) is 73.3 Å². The van der Waals surface area contributed by atoms with Gasteiger partial charge in [0.15, 0.2) is 10.2 Å². The molecule has 0 spiro atoms. The fraction of sp³-hybridized carbons (Fsp3) is 0.200. The number of rotatable bonds is 3. The lowest BCUT2D eigenvalue weighted by Crippen LogP contribution is -2.35. The van der Waals surface area contributed by atoms with E-state index in [1.54, 1.807) is 17.8 Å². The zero-order valence-corrected chi connectivity index (χ0v) is 18.5. The molecule has 148 valence electrons. The van der Waals surface area contributed by atoms with Crippen LogP contribution in [0.4, 0.5) is 0 Å². The Kier molecular flexibility index (Phi) is 5.42. The molecule has 1 N–H and O–H groups in total. The number of carbonyl (C=O) groups excluding carboxylic acids is 1. The van der Waals surface area contributed by atoms with Gasteiger partial charge in [-0.25, -0.2) is 0 Å². The summed E-state index contributed by atoms with van der Waals surface area (Å²) in [5, 5.41) is 15.5. The molecule has 2 aliphatic heterocycles. The Bertz CT molecular complexity index is 1110. The van der Waals surface area contributed by atoms with E-state index in [2.05, 4.69) is 14.7 Å². The Hall–Kier alpha value is -2.29. The second-order valence-corrected chi connectivity index (χ2v) is 9.36. The van der Waals surface area contributed by atoms with Crippen LogP contribution in [0.5, 0.6) is 0 Å². The Morgan fingerprint density at radius 2 is 2.00 bits per heavy atom. The normalized spacial score (nSPS) is 17.7. The van der Waals surface area contributed by atoms with Crippen molar-refractivity contribution in [2.45, 2.75) is 20.8 Å². The van der Waals surface area contributed by atoms with Gasteiger partial charge in [-0.3, -0.25) is 10.2 Å². The number of nitrogens with zero attached hydrogens (tertiary/aromatic N) is 4. The first-order valence-electron chi connectivity index (χ1n) is 8.97. The highest BCUT2D eigenvalue weighted by atomic mass is 35.5. The van der Waals surface area contributed by atoms with Gasteiger partial charge in [0.05, 0.1) is 5.57 Å². The van der Waals surface area contributed by atoms with Gasteiger partial charge in [-0.2, -0.15) is 10.0 Å². The lowest BCUT2D eigenvalue weighted by Gasteiger charge is -2.20. The number of aromatic nitrogens is 1. The first-order chi connectivity index (χ1) is 13.9. The van der Waals surface area contributed by atoms with Gasteiger partial charge in [-0.1, -0.05) is 30.3 Å². The third-order valence-electron chi connectivity index (χ3n) is 4.56. The van der Waals surface area contributed by atoms with Crippen molar-refractivity contribution in [1.82, 2.24) is 9.58 Å². The fourth-order valence-corrected chi connectivity index (χ4v) is 5.18. The van der Waals surface area contributed by atoms with Crippen LogP contribution >= 0.6 is 35.1 Å². The Morgan fingerprint density at radius 1 is 1.28 bits per heavy atom. The number of aliphatic imine (C=N–C) groups is 1. The van der Waals surface area contributed by atoms with Crippen LogP contribution in [0.3, 0.4) is 0 Å². The highest BCUT2D eigenvalue weighted by molar-refractivity contribution is 8.45. The van der Waals surface area contributed by atoms with E-state index in [4.69, 9.17) is 17.0 Å². The van der Waals surface area contributed by atoms with Gasteiger partial charge in [0, 0.05) is 22.1 Å². The van der Waals surface area contributed by atoms with Gasteiger partial charge < -0.3 is 4.57 Å². The molecule has 0 atom stereocenters. The number of carbonyl (C=O) groups is 1. The average molecular weight is 444 g/mol. The molecule has 6 nitrogen and oxygen atoms in total. The topological polar surface area (TPSA) is 73.8 Å². The molecule has 0 saturated carbocycles. The van der Waals surface area contributed by atoms with Crippen molar-refractivity contribution in [2.75, 3.05) is 5.75 Å². The third-order valence-corrected chi connectivity index (χ3v) is 6.73. The van der Waals surface area contributed by atoms with E-state index in [-0.39, 0.29) is 11.4 Å². The minimum Gasteiger partial charge on any atom is -0.318 e. The zero-order valence-electron chi connectivity index (χ0n) is 16.1. The summed E-state index contributed by atoms with van der Waals surface area (Å²) in [6, 6.07) is 9.59. The number of halogens is 1. The maximum Gasteiger partial charge on any atom is 0.283 e. The molecule has 1 aromatic heterocycles. The lowest BCUT2D eigenvalue weighted by molar-refractivity contribution is -0.114. The fourth-order valence-electron chi connectivity index (χ4n) is 3.23. The summed E-state index contributed by atoms with van der Waals surface area (Å²) >= 11 is 8.91. The smallest absolute Gasteiger partial charge is 0.283 e. The number of nitrogens with one attached hydrogen (secondary N) is 1. The van der Waals surface area contributed by atoms with E-state index >= 15 is 0 Å². The van der Waals surface area contributed by atoms with Gasteiger partial charge in [-0.15, -0.1) is 5.10 Å². The maximum absolute atomic E-state index is 12.6. The van der Waals surface area contributed by atoms with Crippen molar-refractivity contribution in [3.63, 3.8) is 0 Å². The van der Waals surface area contributed by atoms with Crippen molar-refractivity contribution in [3.8, 4) is 5.69 Å². The van der Waals surface area contributed by atoms with Crippen LogP contribution in [0, 0.1) is 19.3 Å². The molecule has 2 aliphatic rings.